The number of piperidine rings is 1. The van der Waals surface area contributed by atoms with Crippen molar-refractivity contribution in [1.82, 2.24) is 9.21 Å². The molecule has 7 heteroatoms. The summed E-state index contributed by atoms with van der Waals surface area (Å²) in [5.74, 6) is 0. The molecule has 0 spiro atoms. The molecule has 1 aliphatic rings. The van der Waals surface area contributed by atoms with Crippen LogP contribution in [0.25, 0.3) is 0 Å². The van der Waals surface area contributed by atoms with E-state index in [0.717, 1.165) is 12.8 Å². The van der Waals surface area contributed by atoms with Crippen molar-refractivity contribution in [2.75, 3.05) is 32.9 Å². The van der Waals surface area contributed by atoms with Gasteiger partial charge in [0.05, 0.1) is 4.90 Å². The number of hydrogen-bond acceptors (Lipinski definition) is 4. The number of anilines is 1. The van der Waals surface area contributed by atoms with Gasteiger partial charge in [-0.1, -0.05) is 0 Å². The van der Waals surface area contributed by atoms with E-state index in [9.17, 15) is 8.42 Å². The van der Waals surface area contributed by atoms with E-state index in [0.29, 0.717) is 34.2 Å². The summed E-state index contributed by atoms with van der Waals surface area (Å²) in [6.45, 7) is 1.13. The lowest BCUT2D eigenvalue weighted by Crippen LogP contribution is -2.44. The number of halogens is 1. The van der Waals surface area contributed by atoms with E-state index < -0.39 is 10.0 Å². The summed E-state index contributed by atoms with van der Waals surface area (Å²) in [5.41, 5.74) is 6.24. The molecule has 0 atom stereocenters. The Morgan fingerprint density at radius 3 is 2.40 bits per heavy atom. The Bertz CT molecular complexity index is 581. The molecule has 1 aromatic rings. The van der Waals surface area contributed by atoms with E-state index >= 15 is 0 Å². The molecule has 5 nitrogen and oxygen atoms in total. The van der Waals surface area contributed by atoms with Gasteiger partial charge in [-0.05, 0) is 61.1 Å². The quantitative estimate of drug-likeness (QED) is 0.832. The minimum atomic E-state index is -3.42. The first kappa shape index (κ1) is 15.8. The van der Waals surface area contributed by atoms with Gasteiger partial charge in [0.1, 0.15) is 0 Å². The summed E-state index contributed by atoms with van der Waals surface area (Å²) in [6, 6.07) is 5.21. The van der Waals surface area contributed by atoms with Crippen molar-refractivity contribution in [3.05, 3.63) is 22.7 Å². The highest BCUT2D eigenvalue weighted by Crippen LogP contribution is 2.27. The van der Waals surface area contributed by atoms with E-state index in [4.69, 9.17) is 5.73 Å². The maximum atomic E-state index is 12.6. The Balaban J connectivity index is 2.17. The second-order valence-electron chi connectivity index (χ2n) is 5.28. The Morgan fingerprint density at radius 1 is 1.30 bits per heavy atom. The summed E-state index contributed by atoms with van der Waals surface area (Å²) >= 11 is 3.28. The minimum absolute atomic E-state index is 0.293. The Morgan fingerprint density at radius 2 is 1.90 bits per heavy atom. The van der Waals surface area contributed by atoms with E-state index in [2.05, 4.69) is 20.8 Å². The molecule has 0 aromatic heterocycles. The average molecular weight is 362 g/mol. The third-order valence-electron chi connectivity index (χ3n) is 3.76. The van der Waals surface area contributed by atoms with Gasteiger partial charge in [0.2, 0.25) is 10.0 Å². The molecular formula is C13H20BrN3O2S. The van der Waals surface area contributed by atoms with Crippen molar-refractivity contribution in [2.45, 2.75) is 23.8 Å². The molecule has 1 heterocycles. The van der Waals surface area contributed by atoms with E-state index in [1.165, 1.54) is 0 Å². The smallest absolute Gasteiger partial charge is 0.243 e. The summed E-state index contributed by atoms with van der Waals surface area (Å²) in [6.07, 6.45) is 1.73. The van der Waals surface area contributed by atoms with Crippen LogP contribution in [0.4, 0.5) is 5.69 Å². The highest BCUT2D eigenvalue weighted by atomic mass is 79.9. The molecule has 112 valence electrons. The van der Waals surface area contributed by atoms with E-state index in [1.807, 2.05) is 14.1 Å². The zero-order valence-electron chi connectivity index (χ0n) is 11.7. The number of nitrogens with zero attached hydrogens (tertiary/aromatic N) is 2. The zero-order valence-corrected chi connectivity index (χ0v) is 14.1. The second-order valence-corrected chi connectivity index (χ2v) is 8.07. The van der Waals surface area contributed by atoms with Gasteiger partial charge in [-0.2, -0.15) is 4.31 Å². The molecule has 0 aliphatic carbocycles. The number of hydrogen-bond donors (Lipinski definition) is 1. The maximum Gasteiger partial charge on any atom is 0.243 e. The van der Waals surface area contributed by atoms with Crippen LogP contribution >= 0.6 is 15.9 Å². The molecular weight excluding hydrogens is 342 g/mol. The van der Waals surface area contributed by atoms with Gasteiger partial charge in [-0.15, -0.1) is 0 Å². The predicted molar refractivity (Wildman–Crippen MR) is 84.0 cm³/mol. The first-order valence-electron chi connectivity index (χ1n) is 6.54. The highest BCUT2D eigenvalue weighted by molar-refractivity contribution is 9.10. The minimum Gasteiger partial charge on any atom is -0.398 e. The summed E-state index contributed by atoms with van der Waals surface area (Å²) in [4.78, 5) is 2.45. The molecule has 0 bridgehead atoms. The van der Waals surface area contributed by atoms with Crippen LogP contribution < -0.4 is 5.73 Å². The zero-order chi connectivity index (χ0) is 14.9. The molecule has 0 amide bonds. The maximum absolute atomic E-state index is 12.6. The summed E-state index contributed by atoms with van der Waals surface area (Å²) in [5, 5.41) is 0. The lowest BCUT2D eigenvalue weighted by Gasteiger charge is -2.34. The third kappa shape index (κ3) is 3.16. The van der Waals surface area contributed by atoms with Crippen molar-refractivity contribution in [3.63, 3.8) is 0 Å². The fourth-order valence-corrected chi connectivity index (χ4v) is 4.44. The van der Waals surface area contributed by atoms with Crippen molar-refractivity contribution >= 4 is 31.6 Å². The molecule has 2 N–H and O–H groups in total. The Kier molecular flexibility index (Phi) is 4.73. The molecule has 20 heavy (non-hydrogen) atoms. The topological polar surface area (TPSA) is 66.6 Å². The first-order chi connectivity index (χ1) is 9.32. The van der Waals surface area contributed by atoms with Gasteiger partial charge in [-0.25, -0.2) is 8.42 Å². The number of benzene rings is 1. The Labute approximate surface area is 128 Å². The number of sulfonamides is 1. The second kappa shape index (κ2) is 6.01. The van der Waals surface area contributed by atoms with Gasteiger partial charge in [-0.3, -0.25) is 0 Å². The van der Waals surface area contributed by atoms with Crippen molar-refractivity contribution in [3.8, 4) is 0 Å². The van der Waals surface area contributed by atoms with Gasteiger partial charge >= 0.3 is 0 Å². The van der Waals surface area contributed by atoms with Gasteiger partial charge in [0.25, 0.3) is 0 Å². The molecule has 1 fully saturated rings. The van der Waals surface area contributed by atoms with Crippen LogP contribution in [0.5, 0.6) is 0 Å². The van der Waals surface area contributed by atoms with Crippen LogP contribution in [-0.2, 0) is 10.0 Å². The monoisotopic (exact) mass is 361 g/mol. The van der Waals surface area contributed by atoms with Crippen LogP contribution in [0.2, 0.25) is 0 Å². The lowest BCUT2D eigenvalue weighted by molar-refractivity contribution is 0.196. The molecule has 0 radical (unpaired) electrons. The van der Waals surface area contributed by atoms with Gasteiger partial charge in [0, 0.05) is 29.3 Å². The van der Waals surface area contributed by atoms with Crippen molar-refractivity contribution in [1.29, 1.82) is 0 Å². The van der Waals surface area contributed by atoms with Crippen molar-refractivity contribution < 1.29 is 8.42 Å². The highest BCUT2D eigenvalue weighted by Gasteiger charge is 2.30. The summed E-state index contributed by atoms with van der Waals surface area (Å²) < 4.78 is 27.3. The van der Waals surface area contributed by atoms with Crippen LogP contribution in [0.3, 0.4) is 0 Å². The van der Waals surface area contributed by atoms with E-state index in [-0.39, 0.29) is 0 Å². The Hall–Kier alpha value is -0.630. The van der Waals surface area contributed by atoms with Crippen molar-refractivity contribution in [2.24, 2.45) is 0 Å². The molecule has 1 saturated heterocycles. The molecule has 1 aliphatic heterocycles. The number of nitrogen functional groups attached to an aromatic ring is 1. The molecule has 0 unspecified atom stereocenters. The van der Waals surface area contributed by atoms with E-state index in [1.54, 1.807) is 22.5 Å². The lowest BCUT2D eigenvalue weighted by atomic mass is 10.1. The molecule has 1 aromatic carbocycles. The standard InChI is InChI=1S/C13H20BrN3O2S/c1-16(2)10-5-7-17(8-6-10)20(18,19)11-3-4-13(15)12(14)9-11/h3-4,9-10H,5-8,15H2,1-2H3. The largest absolute Gasteiger partial charge is 0.398 e. The third-order valence-corrected chi connectivity index (χ3v) is 6.34. The SMILES string of the molecule is CN(C)C1CCN(S(=O)(=O)c2ccc(N)c(Br)c2)CC1. The fourth-order valence-electron chi connectivity index (χ4n) is 2.42. The van der Waals surface area contributed by atoms with Crippen LogP contribution in [-0.4, -0.2) is 50.8 Å². The molecule has 2 rings (SSSR count). The predicted octanol–water partition coefficient (Wildman–Crippen LogP) is 1.75. The number of rotatable bonds is 3. The fraction of sp³-hybridized carbons (Fsp3) is 0.538. The normalized spacial score (nSPS) is 18.6. The molecule has 0 saturated carbocycles. The van der Waals surface area contributed by atoms with Crippen LogP contribution in [0.1, 0.15) is 12.8 Å². The van der Waals surface area contributed by atoms with Gasteiger partial charge in [0.15, 0.2) is 0 Å². The summed E-state index contributed by atoms with van der Waals surface area (Å²) in [7, 11) is 0.646. The van der Waals surface area contributed by atoms with Crippen LogP contribution in [0.15, 0.2) is 27.6 Å². The van der Waals surface area contributed by atoms with Gasteiger partial charge < -0.3 is 10.6 Å². The average Bonchev–Trinajstić information content (AvgIpc) is 2.41. The van der Waals surface area contributed by atoms with Crippen LogP contribution in [0, 0.1) is 0 Å². The first-order valence-corrected chi connectivity index (χ1v) is 8.77. The number of nitrogens with two attached hydrogens (primary N) is 1.